The third kappa shape index (κ3) is 5.90. The first kappa shape index (κ1) is 19.6. The van der Waals surface area contributed by atoms with Crippen molar-refractivity contribution < 1.29 is 14.2 Å². The highest BCUT2D eigenvalue weighted by molar-refractivity contribution is 5.85. The van der Waals surface area contributed by atoms with Gasteiger partial charge in [-0.3, -0.25) is 0 Å². The van der Waals surface area contributed by atoms with Gasteiger partial charge in [0.25, 0.3) is 0 Å². The van der Waals surface area contributed by atoms with Gasteiger partial charge in [-0.25, -0.2) is 0 Å². The maximum Gasteiger partial charge on any atom is 0.172 e. The van der Waals surface area contributed by atoms with E-state index in [1.807, 2.05) is 62.4 Å². The molecule has 0 spiro atoms. The van der Waals surface area contributed by atoms with Crippen LogP contribution in [0.2, 0.25) is 0 Å². The molecule has 2 aromatic rings. The summed E-state index contributed by atoms with van der Waals surface area (Å²) in [7, 11) is 0. The van der Waals surface area contributed by atoms with Gasteiger partial charge in [-0.15, -0.1) is 12.4 Å². The highest BCUT2D eigenvalue weighted by Crippen LogP contribution is 2.35. The fourth-order valence-electron chi connectivity index (χ4n) is 1.71. The molecule has 22 heavy (non-hydrogen) atoms. The predicted molar refractivity (Wildman–Crippen MR) is 86.0 cm³/mol. The van der Waals surface area contributed by atoms with Crippen LogP contribution in [0.1, 0.15) is 13.8 Å². The highest BCUT2D eigenvalue weighted by Gasteiger charge is 2.08. The SMILES string of the molecule is CCOc1ccc(OCC)c(Oc2ccccc2)c1.Cl.N#N. The van der Waals surface area contributed by atoms with Crippen molar-refractivity contribution >= 4 is 12.4 Å². The van der Waals surface area contributed by atoms with Crippen LogP contribution in [0, 0.1) is 10.8 Å². The van der Waals surface area contributed by atoms with Crippen molar-refractivity contribution in [3.8, 4) is 23.0 Å². The number of halogens is 1. The molecule has 0 amide bonds. The summed E-state index contributed by atoms with van der Waals surface area (Å²) < 4.78 is 16.9. The fourth-order valence-corrected chi connectivity index (χ4v) is 1.71. The Bertz CT molecular complexity index is 562. The van der Waals surface area contributed by atoms with E-state index in [9.17, 15) is 0 Å². The van der Waals surface area contributed by atoms with Crippen molar-refractivity contribution in [2.24, 2.45) is 0 Å². The van der Waals surface area contributed by atoms with E-state index in [1.165, 1.54) is 0 Å². The molecule has 0 unspecified atom stereocenters. The summed E-state index contributed by atoms with van der Waals surface area (Å²) in [6.07, 6.45) is 0. The van der Waals surface area contributed by atoms with E-state index in [4.69, 9.17) is 25.0 Å². The molecule has 0 fully saturated rings. The summed E-state index contributed by atoms with van der Waals surface area (Å²) in [4.78, 5) is 0. The molecule has 0 saturated heterocycles. The third-order valence-electron chi connectivity index (χ3n) is 2.50. The lowest BCUT2D eigenvalue weighted by atomic mass is 10.3. The van der Waals surface area contributed by atoms with Crippen molar-refractivity contribution in [1.82, 2.24) is 0 Å². The van der Waals surface area contributed by atoms with Crippen molar-refractivity contribution in [3.05, 3.63) is 48.5 Å². The van der Waals surface area contributed by atoms with Gasteiger partial charge in [-0.2, -0.15) is 0 Å². The van der Waals surface area contributed by atoms with Gasteiger partial charge in [-0.05, 0) is 38.1 Å². The van der Waals surface area contributed by atoms with Gasteiger partial charge in [0, 0.05) is 16.9 Å². The molecule has 0 heterocycles. The molecule has 5 nitrogen and oxygen atoms in total. The summed E-state index contributed by atoms with van der Waals surface area (Å²) in [6, 6.07) is 15.2. The zero-order chi connectivity index (χ0) is 15.5. The average molecular weight is 323 g/mol. The topological polar surface area (TPSA) is 75.3 Å². The summed E-state index contributed by atoms with van der Waals surface area (Å²) in [6.45, 7) is 5.12. The van der Waals surface area contributed by atoms with E-state index in [1.54, 1.807) is 0 Å². The molecule has 0 atom stereocenters. The first-order valence-electron chi connectivity index (χ1n) is 6.66. The number of hydrogen-bond donors (Lipinski definition) is 0. The lowest BCUT2D eigenvalue weighted by molar-refractivity contribution is 0.314. The number of hydrogen-bond acceptors (Lipinski definition) is 5. The molecule has 0 aliphatic carbocycles. The van der Waals surface area contributed by atoms with Crippen LogP contribution < -0.4 is 14.2 Å². The Morgan fingerprint density at radius 2 is 1.41 bits per heavy atom. The van der Waals surface area contributed by atoms with E-state index in [-0.39, 0.29) is 12.4 Å². The largest absolute Gasteiger partial charge is 0.494 e. The number of nitrogens with zero attached hydrogens (tertiary/aromatic N) is 2. The molecule has 6 heteroatoms. The Morgan fingerprint density at radius 3 is 2.00 bits per heavy atom. The van der Waals surface area contributed by atoms with Crippen LogP contribution in [0.3, 0.4) is 0 Å². The quantitative estimate of drug-likeness (QED) is 0.719. The highest BCUT2D eigenvalue weighted by atomic mass is 35.5. The minimum Gasteiger partial charge on any atom is -0.494 e. The van der Waals surface area contributed by atoms with Gasteiger partial charge in [0.05, 0.1) is 13.2 Å². The molecule has 0 radical (unpaired) electrons. The Kier molecular flexibility index (Phi) is 9.98. The summed E-state index contributed by atoms with van der Waals surface area (Å²) >= 11 is 0. The summed E-state index contributed by atoms with van der Waals surface area (Å²) in [5, 5.41) is 12.0. The lowest BCUT2D eigenvalue weighted by Crippen LogP contribution is -1.97. The van der Waals surface area contributed by atoms with Crippen LogP contribution in [0.15, 0.2) is 48.5 Å². The molecule has 2 aromatic carbocycles. The maximum absolute atomic E-state index is 6.00. The normalized spacial score (nSPS) is 8.73. The van der Waals surface area contributed by atoms with E-state index in [2.05, 4.69) is 0 Å². The van der Waals surface area contributed by atoms with Gasteiger partial charge >= 0.3 is 0 Å². The maximum atomic E-state index is 6.00. The monoisotopic (exact) mass is 322 g/mol. The zero-order valence-electron chi connectivity index (χ0n) is 12.6. The van der Waals surface area contributed by atoms with Crippen LogP contribution in [-0.4, -0.2) is 13.2 Å². The average Bonchev–Trinajstić information content (AvgIpc) is 2.53. The van der Waals surface area contributed by atoms with Crippen molar-refractivity contribution in [2.75, 3.05) is 13.2 Å². The number of ether oxygens (including phenoxy) is 3. The summed E-state index contributed by atoms with van der Waals surface area (Å²) in [5.74, 6) is 2.93. The number of rotatable bonds is 6. The molecular formula is C16H19ClN2O3. The van der Waals surface area contributed by atoms with Crippen LogP contribution in [0.5, 0.6) is 23.0 Å². The van der Waals surface area contributed by atoms with Gasteiger partial charge in [0.1, 0.15) is 11.5 Å². The standard InChI is InChI=1S/C16H18O3.ClH.N2/c1-3-17-14-10-11-15(18-4-2)16(12-14)19-13-8-6-5-7-9-13;;1-2/h5-12H,3-4H2,1-2H3;1H;. The second-order valence-corrected chi connectivity index (χ2v) is 3.89. The fraction of sp³-hybridized carbons (Fsp3) is 0.250. The minimum atomic E-state index is 0. The molecule has 0 aromatic heterocycles. The molecule has 2 rings (SSSR count). The first-order chi connectivity index (χ1) is 10.3. The Hall–Kier alpha value is -2.45. The van der Waals surface area contributed by atoms with E-state index in [0.717, 1.165) is 17.2 Å². The smallest absolute Gasteiger partial charge is 0.172 e. The van der Waals surface area contributed by atoms with E-state index in [0.29, 0.717) is 19.0 Å². The molecule has 0 aliphatic heterocycles. The second kappa shape index (κ2) is 11.2. The van der Waals surface area contributed by atoms with Crippen molar-refractivity contribution in [1.29, 1.82) is 10.8 Å². The van der Waals surface area contributed by atoms with E-state index >= 15 is 0 Å². The first-order valence-corrected chi connectivity index (χ1v) is 6.66. The van der Waals surface area contributed by atoms with Crippen LogP contribution in [-0.2, 0) is 0 Å². The molecular weight excluding hydrogens is 304 g/mol. The lowest BCUT2D eigenvalue weighted by Gasteiger charge is -2.13. The molecule has 0 N–H and O–H groups in total. The van der Waals surface area contributed by atoms with Crippen molar-refractivity contribution in [2.45, 2.75) is 13.8 Å². The predicted octanol–water partition coefficient (Wildman–Crippen LogP) is 4.73. The molecule has 0 aliphatic rings. The number of para-hydroxylation sites is 1. The zero-order valence-corrected chi connectivity index (χ0v) is 13.4. The minimum absolute atomic E-state index is 0. The van der Waals surface area contributed by atoms with Crippen LogP contribution in [0.25, 0.3) is 0 Å². The number of benzene rings is 2. The van der Waals surface area contributed by atoms with Gasteiger partial charge in [0.2, 0.25) is 0 Å². The van der Waals surface area contributed by atoms with Crippen molar-refractivity contribution in [3.63, 3.8) is 0 Å². The van der Waals surface area contributed by atoms with Gasteiger partial charge < -0.3 is 14.2 Å². The molecule has 0 saturated carbocycles. The van der Waals surface area contributed by atoms with E-state index < -0.39 is 0 Å². The second-order valence-electron chi connectivity index (χ2n) is 3.89. The molecule has 118 valence electrons. The molecule has 0 bridgehead atoms. The third-order valence-corrected chi connectivity index (χ3v) is 2.50. The Balaban J connectivity index is 0.00000141. The Morgan fingerprint density at radius 1 is 0.773 bits per heavy atom. The van der Waals surface area contributed by atoms with Gasteiger partial charge in [0.15, 0.2) is 11.5 Å². The van der Waals surface area contributed by atoms with Gasteiger partial charge in [-0.1, -0.05) is 18.2 Å². The Labute approximate surface area is 136 Å². The van der Waals surface area contributed by atoms with Crippen LogP contribution >= 0.6 is 12.4 Å². The van der Waals surface area contributed by atoms with Crippen LogP contribution in [0.4, 0.5) is 0 Å². The summed E-state index contributed by atoms with van der Waals surface area (Å²) in [5.41, 5.74) is 0.